The molecule has 0 spiro atoms. The van der Waals surface area contributed by atoms with Crippen LogP contribution < -0.4 is 15.4 Å². The first-order valence-electron chi connectivity index (χ1n) is 7.39. The summed E-state index contributed by atoms with van der Waals surface area (Å²) in [5.41, 5.74) is 0.663. The van der Waals surface area contributed by atoms with Crippen molar-refractivity contribution in [2.75, 3.05) is 23.5 Å². The third kappa shape index (κ3) is 5.04. The van der Waals surface area contributed by atoms with E-state index in [1.165, 1.54) is 34.4 Å². The molecule has 0 aliphatic rings. The minimum Gasteiger partial charge on any atom is -0.497 e. The number of methoxy groups -OCH3 is 1. The zero-order chi connectivity index (χ0) is 18.4. The molecule has 7 nitrogen and oxygen atoms in total. The van der Waals surface area contributed by atoms with Gasteiger partial charge in [0.05, 0.1) is 17.7 Å². The predicted molar refractivity (Wildman–Crippen MR) is 105 cm³/mol. The SMILES string of the molecule is COc1cccc(NC(=O)CSc2nnc(NC(=O)c3cccs3)s2)c1. The summed E-state index contributed by atoms with van der Waals surface area (Å²) in [7, 11) is 1.57. The normalized spacial score (nSPS) is 10.3. The molecule has 2 aromatic heterocycles. The van der Waals surface area contributed by atoms with Crippen LogP contribution >= 0.6 is 34.4 Å². The van der Waals surface area contributed by atoms with Crippen LogP contribution in [0, 0.1) is 0 Å². The lowest BCUT2D eigenvalue weighted by Gasteiger charge is -2.06. The number of aromatic nitrogens is 2. The van der Waals surface area contributed by atoms with E-state index in [0.29, 0.717) is 25.8 Å². The third-order valence-corrected chi connectivity index (χ3v) is 5.89. The van der Waals surface area contributed by atoms with E-state index in [4.69, 9.17) is 4.74 Å². The van der Waals surface area contributed by atoms with Crippen LogP contribution in [0.25, 0.3) is 0 Å². The number of nitrogens with one attached hydrogen (secondary N) is 2. The Morgan fingerprint density at radius 1 is 1.19 bits per heavy atom. The Bertz CT molecular complexity index is 896. The van der Waals surface area contributed by atoms with Gasteiger partial charge in [-0.25, -0.2) is 0 Å². The highest BCUT2D eigenvalue weighted by Crippen LogP contribution is 2.26. The summed E-state index contributed by atoms with van der Waals surface area (Å²) in [6, 6.07) is 10.7. The highest BCUT2D eigenvalue weighted by molar-refractivity contribution is 8.01. The molecule has 10 heteroatoms. The van der Waals surface area contributed by atoms with Gasteiger partial charge in [0.25, 0.3) is 5.91 Å². The molecule has 0 bridgehead atoms. The van der Waals surface area contributed by atoms with E-state index in [9.17, 15) is 9.59 Å². The number of carbonyl (C=O) groups excluding carboxylic acids is 2. The van der Waals surface area contributed by atoms with Crippen molar-refractivity contribution >= 4 is 57.1 Å². The summed E-state index contributed by atoms with van der Waals surface area (Å²) < 4.78 is 5.72. The standard InChI is InChI=1S/C16H14N4O3S3/c1-23-11-5-2-4-10(8-11)17-13(21)9-25-16-20-19-15(26-16)18-14(22)12-6-3-7-24-12/h2-8H,9H2,1H3,(H,17,21)(H,18,19,22). The molecule has 0 saturated carbocycles. The molecule has 3 rings (SSSR count). The maximum atomic E-state index is 12.0. The number of carbonyl (C=O) groups is 2. The summed E-state index contributed by atoms with van der Waals surface area (Å²) in [5, 5.41) is 15.6. The second-order valence-electron chi connectivity index (χ2n) is 4.87. The van der Waals surface area contributed by atoms with Crippen molar-refractivity contribution in [3.8, 4) is 5.75 Å². The molecule has 0 radical (unpaired) electrons. The monoisotopic (exact) mass is 406 g/mol. The number of hydrogen-bond acceptors (Lipinski definition) is 8. The molecule has 0 aliphatic carbocycles. The Kier molecular flexibility index (Phi) is 6.21. The molecular weight excluding hydrogens is 392 g/mol. The minimum absolute atomic E-state index is 0.164. The molecule has 2 N–H and O–H groups in total. The Balaban J connectivity index is 1.49. The quantitative estimate of drug-likeness (QED) is 0.460. The van der Waals surface area contributed by atoms with Crippen LogP contribution in [-0.2, 0) is 4.79 Å². The fourth-order valence-corrected chi connectivity index (χ4v) is 4.08. The van der Waals surface area contributed by atoms with Crippen LogP contribution in [0.15, 0.2) is 46.1 Å². The van der Waals surface area contributed by atoms with E-state index in [1.54, 1.807) is 37.4 Å². The number of hydrogen-bond donors (Lipinski definition) is 2. The lowest BCUT2D eigenvalue weighted by molar-refractivity contribution is -0.113. The second kappa shape index (κ2) is 8.79. The van der Waals surface area contributed by atoms with Gasteiger partial charge in [0.2, 0.25) is 11.0 Å². The van der Waals surface area contributed by atoms with Crippen molar-refractivity contribution < 1.29 is 14.3 Å². The van der Waals surface area contributed by atoms with Crippen molar-refractivity contribution in [2.24, 2.45) is 0 Å². The highest BCUT2D eigenvalue weighted by atomic mass is 32.2. The summed E-state index contributed by atoms with van der Waals surface area (Å²) in [6.07, 6.45) is 0. The van der Waals surface area contributed by atoms with Crippen LogP contribution in [-0.4, -0.2) is 34.9 Å². The molecule has 26 heavy (non-hydrogen) atoms. The van der Waals surface area contributed by atoms with Gasteiger partial charge in [-0.1, -0.05) is 35.2 Å². The first-order chi connectivity index (χ1) is 12.6. The molecule has 3 aromatic rings. The molecule has 0 fully saturated rings. The first-order valence-corrected chi connectivity index (χ1v) is 10.1. The molecule has 1 aromatic carbocycles. The fraction of sp³-hybridized carbons (Fsp3) is 0.125. The van der Waals surface area contributed by atoms with Gasteiger partial charge >= 0.3 is 0 Å². The number of nitrogens with zero attached hydrogens (tertiary/aromatic N) is 2. The van der Waals surface area contributed by atoms with Gasteiger partial charge in [0.15, 0.2) is 4.34 Å². The van der Waals surface area contributed by atoms with E-state index in [0.717, 1.165) is 0 Å². The smallest absolute Gasteiger partial charge is 0.267 e. The van der Waals surface area contributed by atoms with Gasteiger partial charge in [0, 0.05) is 11.8 Å². The number of ether oxygens (including phenoxy) is 1. The highest BCUT2D eigenvalue weighted by Gasteiger charge is 2.12. The number of benzene rings is 1. The van der Waals surface area contributed by atoms with Gasteiger partial charge in [0.1, 0.15) is 5.75 Å². The van der Waals surface area contributed by atoms with Crippen LogP contribution in [0.3, 0.4) is 0 Å². The number of anilines is 2. The fourth-order valence-electron chi connectivity index (χ4n) is 1.91. The van der Waals surface area contributed by atoms with Crippen molar-refractivity contribution in [2.45, 2.75) is 4.34 Å². The van der Waals surface area contributed by atoms with Crippen molar-refractivity contribution in [1.82, 2.24) is 10.2 Å². The second-order valence-corrected chi connectivity index (χ2v) is 8.02. The predicted octanol–water partition coefficient (Wildman–Crippen LogP) is 3.59. The van der Waals surface area contributed by atoms with Gasteiger partial charge in [-0.3, -0.25) is 14.9 Å². The molecule has 0 aliphatic heterocycles. The molecule has 0 atom stereocenters. The van der Waals surface area contributed by atoms with Gasteiger partial charge in [-0.15, -0.1) is 21.5 Å². The third-order valence-electron chi connectivity index (χ3n) is 3.05. The van der Waals surface area contributed by atoms with E-state index >= 15 is 0 Å². The van der Waals surface area contributed by atoms with E-state index in [-0.39, 0.29) is 17.6 Å². The maximum Gasteiger partial charge on any atom is 0.267 e. The number of amides is 2. The Labute approximate surface area is 161 Å². The molecule has 2 amide bonds. The average molecular weight is 407 g/mol. The minimum atomic E-state index is -0.219. The van der Waals surface area contributed by atoms with Crippen molar-refractivity contribution in [3.63, 3.8) is 0 Å². The Hall–Kier alpha value is -2.43. The Morgan fingerprint density at radius 3 is 2.85 bits per heavy atom. The molecule has 2 heterocycles. The summed E-state index contributed by atoms with van der Waals surface area (Å²) in [5.74, 6) is 0.474. The van der Waals surface area contributed by atoms with Crippen LogP contribution in [0.4, 0.5) is 10.8 Å². The van der Waals surface area contributed by atoms with Crippen LogP contribution in [0.1, 0.15) is 9.67 Å². The molecule has 0 unspecified atom stereocenters. The molecular formula is C16H14N4O3S3. The average Bonchev–Trinajstić information content (AvgIpc) is 3.32. The number of rotatable bonds is 7. The molecule has 0 saturated heterocycles. The Morgan fingerprint density at radius 2 is 2.08 bits per heavy atom. The summed E-state index contributed by atoms with van der Waals surface area (Å²) in [6.45, 7) is 0. The lowest BCUT2D eigenvalue weighted by Crippen LogP contribution is -2.13. The van der Waals surface area contributed by atoms with E-state index in [1.807, 2.05) is 11.4 Å². The first kappa shape index (κ1) is 18.4. The van der Waals surface area contributed by atoms with Crippen molar-refractivity contribution in [1.29, 1.82) is 0 Å². The maximum absolute atomic E-state index is 12.0. The van der Waals surface area contributed by atoms with Gasteiger partial charge in [-0.05, 0) is 23.6 Å². The largest absolute Gasteiger partial charge is 0.497 e. The van der Waals surface area contributed by atoms with E-state index < -0.39 is 0 Å². The van der Waals surface area contributed by atoms with E-state index in [2.05, 4.69) is 20.8 Å². The van der Waals surface area contributed by atoms with Crippen LogP contribution in [0.5, 0.6) is 5.75 Å². The lowest BCUT2D eigenvalue weighted by atomic mass is 10.3. The zero-order valence-electron chi connectivity index (χ0n) is 13.6. The van der Waals surface area contributed by atoms with Crippen molar-refractivity contribution in [3.05, 3.63) is 46.7 Å². The van der Waals surface area contributed by atoms with Crippen LogP contribution in [0.2, 0.25) is 0 Å². The number of thiophene rings is 1. The summed E-state index contributed by atoms with van der Waals surface area (Å²) >= 11 is 3.83. The number of thioether (sulfide) groups is 1. The van der Waals surface area contributed by atoms with Gasteiger partial charge in [-0.2, -0.15) is 0 Å². The zero-order valence-corrected chi connectivity index (χ0v) is 16.0. The molecule has 134 valence electrons. The topological polar surface area (TPSA) is 93.2 Å². The summed E-state index contributed by atoms with van der Waals surface area (Å²) in [4.78, 5) is 24.6. The van der Waals surface area contributed by atoms with Gasteiger partial charge < -0.3 is 10.1 Å².